The molecule has 1 unspecified atom stereocenters. The van der Waals surface area contributed by atoms with Gasteiger partial charge in [-0.3, -0.25) is 4.79 Å². The predicted molar refractivity (Wildman–Crippen MR) is 78.6 cm³/mol. The highest BCUT2D eigenvalue weighted by molar-refractivity contribution is 8.03. The maximum absolute atomic E-state index is 12.2. The Morgan fingerprint density at radius 3 is 3.05 bits per heavy atom. The van der Waals surface area contributed by atoms with Crippen LogP contribution in [0, 0.1) is 6.92 Å². The number of thioether (sulfide) groups is 1. The maximum Gasteiger partial charge on any atom is 0.254 e. The number of carbonyl (C=O) groups excluding carboxylic acids is 1. The highest BCUT2D eigenvalue weighted by atomic mass is 35.5. The first-order valence-electron chi connectivity index (χ1n) is 6.41. The summed E-state index contributed by atoms with van der Waals surface area (Å²) in [6, 6.07) is 3.77. The van der Waals surface area contributed by atoms with Crippen molar-refractivity contribution >= 4 is 29.3 Å². The van der Waals surface area contributed by atoms with Crippen molar-refractivity contribution in [1.82, 2.24) is 10.3 Å². The molecule has 0 spiro atoms. The zero-order valence-corrected chi connectivity index (χ0v) is 12.3. The molecule has 1 aromatic rings. The number of nitrogens with one attached hydrogen (secondary N) is 1. The number of aromatic nitrogens is 1. The second-order valence-corrected chi connectivity index (χ2v) is 6.54. The molecule has 0 saturated carbocycles. The molecule has 19 heavy (non-hydrogen) atoms. The lowest BCUT2D eigenvalue weighted by Gasteiger charge is -2.14. The van der Waals surface area contributed by atoms with Crippen molar-refractivity contribution in [3.05, 3.63) is 39.0 Å². The van der Waals surface area contributed by atoms with Gasteiger partial charge >= 0.3 is 0 Å². The van der Waals surface area contributed by atoms with Crippen LogP contribution in [-0.4, -0.2) is 22.7 Å². The number of hydrogen-bond donors (Lipinski definition) is 1. The number of carbonyl (C=O) groups is 1. The number of halogens is 1. The molecule has 0 radical (unpaired) electrons. The number of nitrogens with zero attached hydrogens (tertiary/aromatic N) is 1. The van der Waals surface area contributed by atoms with Gasteiger partial charge < -0.3 is 5.32 Å². The quantitative estimate of drug-likeness (QED) is 0.851. The Balaban J connectivity index is 1.66. The minimum atomic E-state index is -0.117. The monoisotopic (exact) mass is 294 g/mol. The Bertz CT molecular complexity index is 555. The van der Waals surface area contributed by atoms with E-state index in [2.05, 4.69) is 10.3 Å². The SMILES string of the molecule is Cc1ccc(C(=O)NC2CC3=C(C2)SCC3)c(Cl)n1. The van der Waals surface area contributed by atoms with Crippen LogP contribution in [0.2, 0.25) is 5.15 Å². The summed E-state index contributed by atoms with van der Waals surface area (Å²) in [6.45, 7) is 1.86. The molecule has 1 N–H and O–H groups in total. The highest BCUT2D eigenvalue weighted by Crippen LogP contribution is 2.42. The van der Waals surface area contributed by atoms with Crippen LogP contribution in [0.5, 0.6) is 0 Å². The van der Waals surface area contributed by atoms with Crippen molar-refractivity contribution in [2.24, 2.45) is 0 Å². The van der Waals surface area contributed by atoms with Crippen LogP contribution in [0.15, 0.2) is 22.6 Å². The molecule has 3 nitrogen and oxygen atoms in total. The van der Waals surface area contributed by atoms with Gasteiger partial charge in [0.2, 0.25) is 0 Å². The highest BCUT2D eigenvalue weighted by Gasteiger charge is 2.29. The summed E-state index contributed by atoms with van der Waals surface area (Å²) in [5.74, 6) is 1.09. The van der Waals surface area contributed by atoms with E-state index in [0.717, 1.165) is 18.5 Å². The van der Waals surface area contributed by atoms with E-state index < -0.39 is 0 Å². The Hall–Kier alpha value is -1.00. The van der Waals surface area contributed by atoms with Gasteiger partial charge in [-0.15, -0.1) is 11.8 Å². The number of amides is 1. The second-order valence-electron chi connectivity index (χ2n) is 4.99. The van der Waals surface area contributed by atoms with E-state index in [1.807, 2.05) is 24.8 Å². The first-order valence-corrected chi connectivity index (χ1v) is 7.77. The van der Waals surface area contributed by atoms with Crippen LogP contribution in [0.1, 0.15) is 35.3 Å². The van der Waals surface area contributed by atoms with E-state index >= 15 is 0 Å². The van der Waals surface area contributed by atoms with Crippen molar-refractivity contribution < 1.29 is 4.79 Å². The fourth-order valence-corrected chi connectivity index (χ4v) is 4.20. The van der Waals surface area contributed by atoms with Gasteiger partial charge in [-0.2, -0.15) is 0 Å². The van der Waals surface area contributed by atoms with Gasteiger partial charge in [-0.1, -0.05) is 17.2 Å². The maximum atomic E-state index is 12.2. The minimum absolute atomic E-state index is 0.117. The topological polar surface area (TPSA) is 42.0 Å². The standard InChI is InChI=1S/C14H15ClN2OS/c1-8-2-3-11(13(15)16-8)14(18)17-10-6-9-4-5-19-12(9)7-10/h2-3,10H,4-7H2,1H3,(H,17,18). The van der Waals surface area contributed by atoms with Crippen LogP contribution in [0.3, 0.4) is 0 Å². The number of aryl methyl sites for hydroxylation is 1. The van der Waals surface area contributed by atoms with E-state index in [4.69, 9.17) is 11.6 Å². The first kappa shape index (κ1) is 13.0. The molecule has 1 atom stereocenters. The average molecular weight is 295 g/mol. The fourth-order valence-electron chi connectivity index (χ4n) is 2.61. The van der Waals surface area contributed by atoms with Gasteiger partial charge in [0.05, 0.1) is 5.56 Å². The zero-order chi connectivity index (χ0) is 13.4. The number of rotatable bonds is 2. The molecule has 0 saturated heterocycles. The molecule has 0 fully saturated rings. The minimum Gasteiger partial charge on any atom is -0.349 e. The Morgan fingerprint density at radius 1 is 1.47 bits per heavy atom. The summed E-state index contributed by atoms with van der Waals surface area (Å²) >= 11 is 7.95. The summed E-state index contributed by atoms with van der Waals surface area (Å²) in [4.78, 5) is 17.8. The molecule has 0 bridgehead atoms. The molecular weight excluding hydrogens is 280 g/mol. The predicted octanol–water partition coefficient (Wildman–Crippen LogP) is 3.33. The van der Waals surface area contributed by atoms with Crippen LogP contribution in [0.25, 0.3) is 0 Å². The third kappa shape index (κ3) is 2.65. The van der Waals surface area contributed by atoms with Crippen LogP contribution in [-0.2, 0) is 0 Å². The van der Waals surface area contributed by atoms with Crippen molar-refractivity contribution in [3.8, 4) is 0 Å². The second kappa shape index (κ2) is 5.17. The number of hydrogen-bond acceptors (Lipinski definition) is 3. The molecule has 1 aliphatic heterocycles. The first-order chi connectivity index (χ1) is 9.13. The van der Waals surface area contributed by atoms with Crippen LogP contribution >= 0.6 is 23.4 Å². The third-order valence-electron chi connectivity index (χ3n) is 3.57. The molecule has 3 rings (SSSR count). The normalized spacial score (nSPS) is 21.7. The molecule has 2 aliphatic rings. The molecule has 0 aromatic carbocycles. The van der Waals surface area contributed by atoms with Crippen molar-refractivity contribution in [2.75, 3.05) is 5.75 Å². The summed E-state index contributed by atoms with van der Waals surface area (Å²) in [5, 5.41) is 3.35. The van der Waals surface area contributed by atoms with Crippen molar-refractivity contribution in [3.63, 3.8) is 0 Å². The molecular formula is C14H15ClN2OS. The summed E-state index contributed by atoms with van der Waals surface area (Å²) in [7, 11) is 0. The molecule has 2 heterocycles. The Kier molecular flexibility index (Phi) is 3.54. The van der Waals surface area contributed by atoms with Gasteiger partial charge in [0.1, 0.15) is 5.15 Å². The van der Waals surface area contributed by atoms with Gasteiger partial charge in [-0.05, 0) is 43.2 Å². The van der Waals surface area contributed by atoms with Crippen LogP contribution < -0.4 is 5.32 Å². The lowest BCUT2D eigenvalue weighted by molar-refractivity contribution is 0.0938. The zero-order valence-electron chi connectivity index (χ0n) is 10.7. The average Bonchev–Trinajstić information content (AvgIpc) is 2.89. The van der Waals surface area contributed by atoms with E-state index in [9.17, 15) is 4.79 Å². The van der Waals surface area contributed by atoms with E-state index in [0.29, 0.717) is 5.56 Å². The van der Waals surface area contributed by atoms with Crippen LogP contribution in [0.4, 0.5) is 0 Å². The Morgan fingerprint density at radius 2 is 2.32 bits per heavy atom. The Labute approximate surface area is 121 Å². The van der Waals surface area contributed by atoms with Gasteiger partial charge in [-0.25, -0.2) is 4.98 Å². The van der Waals surface area contributed by atoms with Gasteiger partial charge in [0, 0.05) is 17.5 Å². The van der Waals surface area contributed by atoms with Crippen molar-refractivity contribution in [1.29, 1.82) is 0 Å². The molecule has 100 valence electrons. The van der Waals surface area contributed by atoms with E-state index in [1.165, 1.54) is 22.7 Å². The van der Waals surface area contributed by atoms with Gasteiger partial charge in [0.15, 0.2) is 0 Å². The van der Waals surface area contributed by atoms with E-state index in [1.54, 1.807) is 6.07 Å². The fraction of sp³-hybridized carbons (Fsp3) is 0.429. The smallest absolute Gasteiger partial charge is 0.254 e. The molecule has 1 aliphatic carbocycles. The molecule has 1 amide bonds. The largest absolute Gasteiger partial charge is 0.349 e. The third-order valence-corrected chi connectivity index (χ3v) is 5.07. The summed E-state index contributed by atoms with van der Waals surface area (Å²) in [6.07, 6.45) is 3.15. The summed E-state index contributed by atoms with van der Waals surface area (Å²) < 4.78 is 0. The van der Waals surface area contributed by atoms with Crippen molar-refractivity contribution in [2.45, 2.75) is 32.2 Å². The number of pyridine rings is 1. The van der Waals surface area contributed by atoms with Gasteiger partial charge in [0.25, 0.3) is 5.91 Å². The molecule has 1 aromatic heterocycles. The summed E-state index contributed by atoms with van der Waals surface area (Å²) in [5.41, 5.74) is 2.81. The lowest BCUT2D eigenvalue weighted by Crippen LogP contribution is -2.33. The lowest BCUT2D eigenvalue weighted by atomic mass is 10.1. The molecule has 5 heteroatoms. The van der Waals surface area contributed by atoms with E-state index in [-0.39, 0.29) is 17.1 Å².